The van der Waals surface area contributed by atoms with Crippen molar-refractivity contribution in [3.8, 4) is 11.8 Å². The number of hydrogen-bond donors (Lipinski definition) is 2. The Morgan fingerprint density at radius 2 is 2.13 bits per heavy atom. The van der Waals surface area contributed by atoms with E-state index in [0.717, 1.165) is 17.9 Å². The van der Waals surface area contributed by atoms with Crippen LogP contribution in [0.1, 0.15) is 5.56 Å². The number of amides is 1. The van der Waals surface area contributed by atoms with E-state index in [2.05, 4.69) is 27.2 Å². The van der Waals surface area contributed by atoms with Crippen molar-refractivity contribution in [2.75, 3.05) is 24.5 Å². The molecule has 2 N–H and O–H groups in total. The highest BCUT2D eigenvalue weighted by Crippen LogP contribution is 2.22. The highest BCUT2D eigenvalue weighted by molar-refractivity contribution is 5.64. The van der Waals surface area contributed by atoms with Gasteiger partial charge in [0, 0.05) is 37.2 Å². The third kappa shape index (κ3) is 3.83. The van der Waals surface area contributed by atoms with Crippen molar-refractivity contribution in [3.63, 3.8) is 0 Å². The monoisotopic (exact) mass is 310 g/mol. The fourth-order valence-electron chi connectivity index (χ4n) is 2.71. The Labute approximate surface area is 134 Å². The quantitative estimate of drug-likeness (QED) is 0.846. The second-order valence-electron chi connectivity index (χ2n) is 5.47. The summed E-state index contributed by atoms with van der Waals surface area (Å²) in [6, 6.07) is 11.8. The lowest BCUT2D eigenvalue weighted by Crippen LogP contribution is -2.43. The Bertz CT molecular complexity index is 730. The fourth-order valence-corrected chi connectivity index (χ4v) is 2.71. The van der Waals surface area contributed by atoms with E-state index in [4.69, 9.17) is 5.11 Å². The average molecular weight is 310 g/mol. The zero-order valence-corrected chi connectivity index (χ0v) is 12.6. The molecule has 1 atom stereocenters. The Morgan fingerprint density at radius 3 is 2.91 bits per heavy atom. The molecule has 3 rings (SSSR count). The molecule has 0 aliphatic carbocycles. The molecular formula is C17H18N4O2. The summed E-state index contributed by atoms with van der Waals surface area (Å²) in [6.07, 6.45) is 0.770. The number of rotatable bonds is 3. The zero-order valence-electron chi connectivity index (χ0n) is 12.6. The summed E-state index contributed by atoms with van der Waals surface area (Å²) >= 11 is 0. The first-order valence-electron chi connectivity index (χ1n) is 7.50. The summed E-state index contributed by atoms with van der Waals surface area (Å²) in [6.45, 7) is 2.47. The number of carbonyl (C=O) groups is 1. The molecule has 0 radical (unpaired) electrons. The van der Waals surface area contributed by atoms with Crippen LogP contribution in [0.3, 0.4) is 0 Å². The minimum absolute atomic E-state index is 0.178. The van der Waals surface area contributed by atoms with Gasteiger partial charge in [-0.05, 0) is 12.1 Å². The Balaban J connectivity index is 1.68. The van der Waals surface area contributed by atoms with Crippen LogP contribution in [0.4, 0.5) is 10.6 Å². The van der Waals surface area contributed by atoms with Crippen LogP contribution in [0.2, 0.25) is 0 Å². The summed E-state index contributed by atoms with van der Waals surface area (Å²) in [5.74, 6) is 7.54. The van der Waals surface area contributed by atoms with Crippen LogP contribution >= 0.6 is 0 Å². The van der Waals surface area contributed by atoms with E-state index in [1.807, 2.05) is 41.1 Å². The van der Waals surface area contributed by atoms with Gasteiger partial charge in [0.05, 0.1) is 12.7 Å². The lowest BCUT2D eigenvalue weighted by atomic mass is 10.1. The van der Waals surface area contributed by atoms with E-state index in [0.29, 0.717) is 19.6 Å². The second kappa shape index (κ2) is 6.88. The number of anilines is 1. The van der Waals surface area contributed by atoms with Crippen molar-refractivity contribution in [1.82, 2.24) is 15.1 Å². The van der Waals surface area contributed by atoms with Crippen LogP contribution < -0.4 is 10.2 Å². The van der Waals surface area contributed by atoms with Gasteiger partial charge >= 0.3 is 6.09 Å². The molecule has 1 aliphatic rings. The van der Waals surface area contributed by atoms with E-state index < -0.39 is 6.09 Å². The van der Waals surface area contributed by atoms with E-state index in [1.54, 1.807) is 6.20 Å². The van der Waals surface area contributed by atoms with Crippen molar-refractivity contribution in [2.24, 2.45) is 5.92 Å². The van der Waals surface area contributed by atoms with Gasteiger partial charge in [0.2, 0.25) is 0 Å². The lowest BCUT2D eigenvalue weighted by molar-refractivity contribution is 0.191. The SMILES string of the molecule is O=C(O)NCC1CN(CC#Cc2ccccc2)c2ccnn2C1. The van der Waals surface area contributed by atoms with Gasteiger partial charge in [0.1, 0.15) is 5.82 Å². The van der Waals surface area contributed by atoms with Gasteiger partial charge in [-0.2, -0.15) is 5.10 Å². The maximum Gasteiger partial charge on any atom is 0.404 e. The number of nitrogens with zero attached hydrogens (tertiary/aromatic N) is 3. The smallest absolute Gasteiger partial charge is 0.404 e. The summed E-state index contributed by atoms with van der Waals surface area (Å²) in [5, 5.41) is 15.5. The van der Waals surface area contributed by atoms with Crippen molar-refractivity contribution in [3.05, 3.63) is 48.2 Å². The van der Waals surface area contributed by atoms with Crippen molar-refractivity contribution in [1.29, 1.82) is 0 Å². The summed E-state index contributed by atoms with van der Waals surface area (Å²) < 4.78 is 1.90. The van der Waals surface area contributed by atoms with Gasteiger partial charge in [-0.25, -0.2) is 9.48 Å². The molecule has 0 bridgehead atoms. The van der Waals surface area contributed by atoms with E-state index in [1.165, 1.54) is 0 Å². The first kappa shape index (κ1) is 15.0. The fraction of sp³-hybridized carbons (Fsp3) is 0.294. The number of hydrogen-bond acceptors (Lipinski definition) is 3. The van der Waals surface area contributed by atoms with Gasteiger partial charge < -0.3 is 15.3 Å². The molecule has 0 spiro atoms. The number of benzene rings is 1. The minimum atomic E-state index is -0.994. The van der Waals surface area contributed by atoms with Gasteiger partial charge in [-0.3, -0.25) is 0 Å². The highest BCUT2D eigenvalue weighted by Gasteiger charge is 2.24. The van der Waals surface area contributed by atoms with Crippen LogP contribution in [-0.4, -0.2) is 40.6 Å². The molecule has 6 heteroatoms. The van der Waals surface area contributed by atoms with Crippen molar-refractivity contribution < 1.29 is 9.90 Å². The van der Waals surface area contributed by atoms with Crippen LogP contribution in [0.15, 0.2) is 42.6 Å². The van der Waals surface area contributed by atoms with Crippen LogP contribution in [0, 0.1) is 17.8 Å². The first-order chi connectivity index (χ1) is 11.2. The molecule has 6 nitrogen and oxygen atoms in total. The maximum atomic E-state index is 10.7. The Hall–Kier alpha value is -2.94. The van der Waals surface area contributed by atoms with Gasteiger partial charge in [-0.15, -0.1) is 0 Å². The number of aromatic nitrogens is 2. The number of carboxylic acid groups (broad SMARTS) is 1. The molecule has 1 unspecified atom stereocenters. The van der Waals surface area contributed by atoms with E-state index in [-0.39, 0.29) is 5.92 Å². The molecule has 1 aromatic heterocycles. The molecule has 2 heterocycles. The van der Waals surface area contributed by atoms with E-state index >= 15 is 0 Å². The molecule has 1 aromatic carbocycles. The topological polar surface area (TPSA) is 70.4 Å². The Kier molecular flexibility index (Phi) is 4.48. The van der Waals surface area contributed by atoms with Crippen LogP contribution in [0.5, 0.6) is 0 Å². The average Bonchev–Trinajstić information content (AvgIpc) is 3.02. The van der Waals surface area contributed by atoms with Crippen LogP contribution in [-0.2, 0) is 6.54 Å². The van der Waals surface area contributed by atoms with E-state index in [9.17, 15) is 4.79 Å². The molecule has 118 valence electrons. The van der Waals surface area contributed by atoms with Crippen molar-refractivity contribution in [2.45, 2.75) is 6.54 Å². The summed E-state index contributed by atoms with van der Waals surface area (Å²) in [4.78, 5) is 12.8. The molecular weight excluding hydrogens is 292 g/mol. The number of fused-ring (bicyclic) bond motifs is 1. The third-order valence-electron chi connectivity index (χ3n) is 3.75. The molecule has 0 saturated heterocycles. The summed E-state index contributed by atoms with van der Waals surface area (Å²) in [7, 11) is 0. The predicted molar refractivity (Wildman–Crippen MR) is 87.3 cm³/mol. The third-order valence-corrected chi connectivity index (χ3v) is 3.75. The second-order valence-corrected chi connectivity index (χ2v) is 5.47. The molecule has 1 aliphatic heterocycles. The standard InChI is InChI=1S/C17H18N4O2/c22-17(23)18-11-15-12-20(16-8-9-19-21(16)13-15)10-4-7-14-5-2-1-3-6-14/h1-3,5-6,8-9,15,18H,10-13H2,(H,22,23). The first-order valence-corrected chi connectivity index (χ1v) is 7.50. The maximum absolute atomic E-state index is 10.7. The van der Waals surface area contributed by atoms with Gasteiger partial charge in [0.25, 0.3) is 0 Å². The van der Waals surface area contributed by atoms with Gasteiger partial charge in [-0.1, -0.05) is 30.0 Å². The largest absolute Gasteiger partial charge is 0.465 e. The molecule has 0 saturated carbocycles. The minimum Gasteiger partial charge on any atom is -0.465 e. The Morgan fingerprint density at radius 1 is 1.30 bits per heavy atom. The van der Waals surface area contributed by atoms with Gasteiger partial charge in [0.15, 0.2) is 0 Å². The molecule has 1 amide bonds. The van der Waals surface area contributed by atoms with Crippen LogP contribution in [0.25, 0.3) is 0 Å². The highest BCUT2D eigenvalue weighted by atomic mass is 16.4. The zero-order chi connectivity index (χ0) is 16.1. The summed E-state index contributed by atoms with van der Waals surface area (Å²) in [5.41, 5.74) is 0.988. The number of nitrogens with one attached hydrogen (secondary N) is 1. The van der Waals surface area contributed by atoms with Crippen molar-refractivity contribution >= 4 is 11.9 Å². The molecule has 2 aromatic rings. The lowest BCUT2D eigenvalue weighted by Gasteiger charge is -2.33. The predicted octanol–water partition coefficient (Wildman–Crippen LogP) is 1.64. The molecule has 0 fully saturated rings. The normalized spacial score (nSPS) is 16.2. The molecule has 23 heavy (non-hydrogen) atoms.